The SMILES string of the molecule is CC(C)c1ccccc1OC(=O)NCCc1ccc(OCCC[18F])cc1. The van der Waals surface area contributed by atoms with Crippen LogP contribution in [0, 0.1) is 0 Å². The highest BCUT2D eigenvalue weighted by atomic mass is 18.2. The van der Waals surface area contributed by atoms with E-state index in [2.05, 4.69) is 19.2 Å². The predicted molar refractivity (Wildman–Crippen MR) is 101 cm³/mol. The Balaban J connectivity index is 1.76. The second-order valence-corrected chi connectivity index (χ2v) is 6.29. The Bertz CT molecular complexity index is 686. The largest absolute Gasteiger partial charge is 0.494 e. The van der Waals surface area contributed by atoms with Gasteiger partial charge in [0.1, 0.15) is 11.5 Å². The van der Waals surface area contributed by atoms with Crippen molar-refractivity contribution in [3.05, 3.63) is 59.7 Å². The van der Waals surface area contributed by atoms with Gasteiger partial charge in [-0.2, -0.15) is 0 Å². The van der Waals surface area contributed by atoms with E-state index in [1.54, 1.807) is 6.07 Å². The standard InChI is InChI=1S/C21H26FNO3/c1-16(2)19-6-3-4-7-20(19)26-21(24)23-14-12-17-8-10-18(11-9-17)25-15-5-13-22/h3-4,6-11,16H,5,12-15H2,1-2H3,(H,23,24)/i22-1. The minimum absolute atomic E-state index is 0.282. The Morgan fingerprint density at radius 1 is 1.12 bits per heavy atom. The van der Waals surface area contributed by atoms with Gasteiger partial charge in [0, 0.05) is 13.0 Å². The maximum Gasteiger partial charge on any atom is 0.412 e. The minimum atomic E-state index is -0.454. The number of hydrogen-bond acceptors (Lipinski definition) is 3. The van der Waals surface area contributed by atoms with Crippen LogP contribution >= 0.6 is 0 Å². The van der Waals surface area contributed by atoms with Crippen molar-refractivity contribution in [2.24, 2.45) is 0 Å². The summed E-state index contributed by atoms with van der Waals surface area (Å²) in [5, 5.41) is 2.77. The highest BCUT2D eigenvalue weighted by molar-refractivity contribution is 5.70. The third-order valence-corrected chi connectivity index (χ3v) is 3.90. The van der Waals surface area contributed by atoms with E-state index in [0.717, 1.165) is 16.9 Å². The highest BCUT2D eigenvalue weighted by Gasteiger charge is 2.10. The molecule has 0 aliphatic rings. The fourth-order valence-electron chi connectivity index (χ4n) is 2.49. The molecule has 0 saturated carbocycles. The normalized spacial score (nSPS) is 10.6. The van der Waals surface area contributed by atoms with Crippen LogP contribution in [0.2, 0.25) is 0 Å². The Hall–Kier alpha value is -2.56. The molecule has 0 saturated heterocycles. The zero-order valence-corrected chi connectivity index (χ0v) is 15.3. The van der Waals surface area contributed by atoms with Gasteiger partial charge in [-0.1, -0.05) is 44.2 Å². The molecule has 1 N–H and O–H groups in total. The fourth-order valence-corrected chi connectivity index (χ4v) is 2.49. The average molecular weight is 358 g/mol. The number of alkyl halides is 1. The lowest BCUT2D eigenvalue weighted by Crippen LogP contribution is -2.29. The third kappa shape index (κ3) is 6.39. The summed E-state index contributed by atoms with van der Waals surface area (Å²) in [6, 6.07) is 15.1. The van der Waals surface area contributed by atoms with Crippen molar-refractivity contribution in [2.45, 2.75) is 32.6 Å². The van der Waals surface area contributed by atoms with Gasteiger partial charge in [-0.25, -0.2) is 4.79 Å². The van der Waals surface area contributed by atoms with Crippen molar-refractivity contribution in [3.63, 3.8) is 0 Å². The molecular weight excluding hydrogens is 332 g/mol. The molecule has 0 spiro atoms. The molecule has 0 aliphatic carbocycles. The highest BCUT2D eigenvalue weighted by Crippen LogP contribution is 2.25. The summed E-state index contributed by atoms with van der Waals surface area (Å²) < 4.78 is 22.9. The number of hydrogen-bond donors (Lipinski definition) is 1. The molecular formula is C21H26FNO3. The fraction of sp³-hybridized carbons (Fsp3) is 0.381. The van der Waals surface area contributed by atoms with Crippen molar-refractivity contribution in [2.75, 3.05) is 19.8 Å². The Labute approximate surface area is 154 Å². The number of halogens is 1. The summed E-state index contributed by atoms with van der Waals surface area (Å²) in [5.74, 6) is 1.60. The number of nitrogens with one attached hydrogen (secondary N) is 1. The topological polar surface area (TPSA) is 47.6 Å². The van der Waals surface area contributed by atoms with Gasteiger partial charge in [0.15, 0.2) is 0 Å². The van der Waals surface area contributed by atoms with Crippen LogP contribution in [0.4, 0.5) is 9.18 Å². The molecule has 140 valence electrons. The smallest absolute Gasteiger partial charge is 0.412 e. The van der Waals surface area contributed by atoms with Crippen LogP contribution in [0.1, 0.15) is 37.3 Å². The van der Waals surface area contributed by atoms with E-state index in [0.29, 0.717) is 31.7 Å². The second kappa shape index (κ2) is 10.4. The molecule has 0 bridgehead atoms. The summed E-state index contributed by atoms with van der Waals surface area (Å²) >= 11 is 0. The first-order valence-electron chi connectivity index (χ1n) is 8.92. The number of carbonyl (C=O) groups is 1. The molecule has 2 rings (SSSR count). The minimum Gasteiger partial charge on any atom is -0.494 e. The maximum absolute atomic E-state index is 12.0. The van der Waals surface area contributed by atoms with E-state index < -0.39 is 6.09 Å². The van der Waals surface area contributed by atoms with Gasteiger partial charge in [0.05, 0.1) is 13.3 Å². The molecule has 0 atom stereocenters. The van der Waals surface area contributed by atoms with Gasteiger partial charge >= 0.3 is 6.09 Å². The molecule has 4 nitrogen and oxygen atoms in total. The van der Waals surface area contributed by atoms with E-state index >= 15 is 0 Å². The number of carbonyl (C=O) groups excluding carboxylic acids is 1. The quantitative estimate of drug-likeness (QED) is 0.650. The zero-order chi connectivity index (χ0) is 18.8. The summed E-state index contributed by atoms with van der Waals surface area (Å²) in [5.41, 5.74) is 2.08. The summed E-state index contributed by atoms with van der Waals surface area (Å²) in [4.78, 5) is 12.0. The maximum atomic E-state index is 12.0. The first-order valence-corrected chi connectivity index (χ1v) is 8.92. The van der Waals surface area contributed by atoms with Gasteiger partial charge in [-0.05, 0) is 41.7 Å². The molecule has 0 aliphatic heterocycles. The van der Waals surface area contributed by atoms with Crippen LogP contribution in [0.3, 0.4) is 0 Å². The molecule has 1 amide bonds. The van der Waals surface area contributed by atoms with Crippen LogP contribution in [-0.4, -0.2) is 25.9 Å². The lowest BCUT2D eigenvalue weighted by atomic mass is 10.0. The zero-order valence-electron chi connectivity index (χ0n) is 15.3. The first-order chi connectivity index (χ1) is 12.6. The molecule has 2 aromatic rings. The predicted octanol–water partition coefficient (Wildman–Crippen LogP) is 4.88. The lowest BCUT2D eigenvalue weighted by Gasteiger charge is -2.13. The third-order valence-electron chi connectivity index (χ3n) is 3.90. The number of rotatable bonds is 9. The number of ether oxygens (including phenoxy) is 2. The van der Waals surface area contributed by atoms with Crippen molar-refractivity contribution < 1.29 is 18.7 Å². The van der Waals surface area contributed by atoms with Crippen LogP contribution < -0.4 is 14.8 Å². The van der Waals surface area contributed by atoms with E-state index in [1.807, 2.05) is 42.5 Å². The summed E-state index contributed by atoms with van der Waals surface area (Å²) in [6.45, 7) is 4.60. The number of para-hydroxylation sites is 1. The lowest BCUT2D eigenvalue weighted by molar-refractivity contribution is 0.200. The van der Waals surface area contributed by atoms with Gasteiger partial charge < -0.3 is 14.8 Å². The molecule has 0 fully saturated rings. The molecule has 0 radical (unpaired) electrons. The second-order valence-electron chi connectivity index (χ2n) is 6.29. The Kier molecular flexibility index (Phi) is 7.93. The van der Waals surface area contributed by atoms with Crippen molar-refractivity contribution >= 4 is 6.09 Å². The van der Waals surface area contributed by atoms with Crippen molar-refractivity contribution in [1.29, 1.82) is 0 Å². The Morgan fingerprint density at radius 2 is 1.85 bits per heavy atom. The van der Waals surface area contributed by atoms with Crippen LogP contribution in [0.15, 0.2) is 48.5 Å². The number of amides is 1. The van der Waals surface area contributed by atoms with E-state index in [4.69, 9.17) is 9.47 Å². The average Bonchev–Trinajstić information content (AvgIpc) is 2.63. The number of benzene rings is 2. The van der Waals surface area contributed by atoms with E-state index in [9.17, 15) is 9.18 Å². The molecule has 0 unspecified atom stereocenters. The molecule has 26 heavy (non-hydrogen) atoms. The van der Waals surface area contributed by atoms with Gasteiger partial charge in [0.2, 0.25) is 0 Å². The molecule has 0 heterocycles. The Morgan fingerprint density at radius 3 is 2.54 bits per heavy atom. The first kappa shape index (κ1) is 19.8. The molecule has 2 aromatic carbocycles. The van der Waals surface area contributed by atoms with Crippen LogP contribution in [0.5, 0.6) is 11.5 Å². The van der Waals surface area contributed by atoms with Gasteiger partial charge in [0.25, 0.3) is 0 Å². The van der Waals surface area contributed by atoms with Crippen molar-refractivity contribution in [3.8, 4) is 11.5 Å². The summed E-state index contributed by atoms with van der Waals surface area (Å²) in [7, 11) is 0. The summed E-state index contributed by atoms with van der Waals surface area (Å²) in [6.07, 6.45) is 0.628. The van der Waals surface area contributed by atoms with Crippen LogP contribution in [0.25, 0.3) is 0 Å². The van der Waals surface area contributed by atoms with Crippen LogP contribution in [-0.2, 0) is 6.42 Å². The van der Waals surface area contributed by atoms with E-state index in [1.165, 1.54) is 0 Å². The molecule has 0 aromatic heterocycles. The van der Waals surface area contributed by atoms with E-state index in [-0.39, 0.29) is 12.6 Å². The van der Waals surface area contributed by atoms with Crippen molar-refractivity contribution in [1.82, 2.24) is 5.32 Å². The van der Waals surface area contributed by atoms with Gasteiger partial charge in [-0.3, -0.25) is 4.39 Å². The molecule has 5 heteroatoms. The van der Waals surface area contributed by atoms with Gasteiger partial charge in [-0.15, -0.1) is 0 Å². The monoisotopic (exact) mass is 358 g/mol.